The fraction of sp³-hybridized carbons (Fsp3) is 0.321. The Hall–Kier alpha value is -3.17. The molecular formula is C28H30Cl2N6O2. The van der Waals surface area contributed by atoms with E-state index in [-0.39, 0.29) is 6.04 Å². The van der Waals surface area contributed by atoms with Crippen molar-refractivity contribution in [1.29, 1.82) is 0 Å². The van der Waals surface area contributed by atoms with E-state index < -0.39 is 5.56 Å². The average molecular weight is 553 g/mol. The molecule has 1 unspecified atom stereocenters. The zero-order valence-corrected chi connectivity index (χ0v) is 22.9. The summed E-state index contributed by atoms with van der Waals surface area (Å²) in [5, 5.41) is 8.17. The topological polar surface area (TPSA) is 84.3 Å². The molecular weight excluding hydrogens is 523 g/mol. The number of aromatic nitrogens is 3. The lowest BCUT2D eigenvalue weighted by Crippen LogP contribution is -2.31. The molecule has 8 nitrogen and oxygen atoms in total. The third kappa shape index (κ3) is 5.63. The average Bonchev–Trinajstić information content (AvgIpc) is 3.43. The molecule has 2 aromatic carbocycles. The fourth-order valence-corrected chi connectivity index (χ4v) is 5.38. The molecule has 4 aromatic rings. The molecule has 0 amide bonds. The number of halogens is 2. The molecule has 10 heteroatoms. The van der Waals surface area contributed by atoms with Crippen molar-refractivity contribution < 1.29 is 4.84 Å². The standard InChI is InChI=1S/C28H30Cl2N6O2/c1-18(31-12-15-35-13-3-4-14-35)19-8-10-21(11-9-19)33-28-32-17-20-16-22(25-23(29)6-5-7-24(25)30)27(37)36(38-2)26(20)34-28/h5-11,16-18,31H,3-4,12-15H2,1-2H3,(H,32,33,34). The quantitative estimate of drug-likeness (QED) is 0.291. The molecule has 3 heterocycles. The van der Waals surface area contributed by atoms with Gasteiger partial charge in [-0.25, -0.2) is 4.98 Å². The van der Waals surface area contributed by atoms with Crippen molar-refractivity contribution in [3.8, 4) is 11.1 Å². The van der Waals surface area contributed by atoms with Crippen LogP contribution < -0.4 is 21.0 Å². The van der Waals surface area contributed by atoms with Crippen molar-refractivity contribution in [2.75, 3.05) is 38.6 Å². The van der Waals surface area contributed by atoms with Gasteiger partial charge >= 0.3 is 0 Å². The summed E-state index contributed by atoms with van der Waals surface area (Å²) in [7, 11) is 1.41. The number of hydrogen-bond donors (Lipinski definition) is 2. The first-order chi connectivity index (χ1) is 18.4. The molecule has 1 atom stereocenters. The van der Waals surface area contributed by atoms with Crippen LogP contribution in [0.25, 0.3) is 22.2 Å². The SMILES string of the molecule is COn1c(=O)c(-c2c(Cl)cccc2Cl)cc2cnc(Nc3ccc(C(C)NCCN4CCCC4)cc3)nc21. The van der Waals surface area contributed by atoms with E-state index in [2.05, 4.69) is 44.6 Å². The van der Waals surface area contributed by atoms with E-state index in [0.29, 0.717) is 38.2 Å². The first-order valence-corrected chi connectivity index (χ1v) is 13.4. The predicted molar refractivity (Wildman–Crippen MR) is 154 cm³/mol. The lowest BCUT2D eigenvalue weighted by Gasteiger charge is -2.19. The third-order valence-electron chi connectivity index (χ3n) is 6.86. The van der Waals surface area contributed by atoms with Crippen LogP contribution in [0.1, 0.15) is 31.4 Å². The van der Waals surface area contributed by atoms with Crippen LogP contribution in [0, 0.1) is 0 Å². The number of fused-ring (bicyclic) bond motifs is 1. The van der Waals surface area contributed by atoms with E-state index >= 15 is 0 Å². The Balaban J connectivity index is 1.33. The van der Waals surface area contributed by atoms with Gasteiger partial charge in [-0.3, -0.25) is 4.79 Å². The number of pyridine rings is 1. The van der Waals surface area contributed by atoms with Crippen LogP contribution in [0.5, 0.6) is 0 Å². The van der Waals surface area contributed by atoms with Crippen LogP contribution in [0.4, 0.5) is 11.6 Å². The van der Waals surface area contributed by atoms with E-state index in [0.717, 1.165) is 23.5 Å². The molecule has 2 aromatic heterocycles. The number of likely N-dealkylation sites (tertiary alicyclic amines) is 1. The largest absolute Gasteiger partial charge is 0.412 e. The van der Waals surface area contributed by atoms with Crippen LogP contribution in [-0.4, -0.2) is 52.9 Å². The van der Waals surface area contributed by atoms with Gasteiger partial charge < -0.3 is 20.4 Å². The molecule has 1 aliphatic rings. The van der Waals surface area contributed by atoms with Crippen LogP contribution in [0.2, 0.25) is 10.0 Å². The first kappa shape index (κ1) is 26.4. The maximum absolute atomic E-state index is 13.3. The third-order valence-corrected chi connectivity index (χ3v) is 7.49. The zero-order chi connectivity index (χ0) is 26.6. The van der Waals surface area contributed by atoms with Crippen LogP contribution in [0.15, 0.2) is 59.5 Å². The lowest BCUT2D eigenvalue weighted by molar-refractivity contribution is 0.168. The summed E-state index contributed by atoms with van der Waals surface area (Å²) in [6, 6.07) is 15.2. The summed E-state index contributed by atoms with van der Waals surface area (Å²) < 4.78 is 1.12. The number of nitrogens with one attached hydrogen (secondary N) is 2. The number of rotatable bonds is 9. The van der Waals surface area contributed by atoms with Crippen molar-refractivity contribution in [2.24, 2.45) is 0 Å². The molecule has 198 valence electrons. The van der Waals surface area contributed by atoms with Crippen molar-refractivity contribution in [3.05, 3.63) is 80.7 Å². The fourth-order valence-electron chi connectivity index (χ4n) is 4.78. The maximum atomic E-state index is 13.3. The van der Waals surface area contributed by atoms with Crippen LogP contribution in [0.3, 0.4) is 0 Å². The molecule has 5 rings (SSSR count). The molecule has 0 radical (unpaired) electrons. The minimum Gasteiger partial charge on any atom is -0.412 e. The Bertz CT molecular complexity index is 1470. The first-order valence-electron chi connectivity index (χ1n) is 12.7. The lowest BCUT2D eigenvalue weighted by atomic mass is 10.1. The minimum absolute atomic E-state index is 0.250. The molecule has 1 saturated heterocycles. The minimum atomic E-state index is -0.421. The smallest absolute Gasteiger partial charge is 0.293 e. The Labute approximate surface area is 231 Å². The monoisotopic (exact) mass is 552 g/mol. The summed E-state index contributed by atoms with van der Waals surface area (Å²) >= 11 is 12.7. The van der Waals surface area contributed by atoms with Crippen LogP contribution >= 0.6 is 23.2 Å². The molecule has 0 aliphatic carbocycles. The maximum Gasteiger partial charge on any atom is 0.293 e. The highest BCUT2D eigenvalue weighted by Gasteiger charge is 2.18. The number of anilines is 2. The van der Waals surface area contributed by atoms with Crippen LogP contribution in [-0.2, 0) is 0 Å². The highest BCUT2D eigenvalue weighted by molar-refractivity contribution is 6.39. The number of hydrogen-bond acceptors (Lipinski definition) is 7. The molecule has 0 saturated carbocycles. The van der Waals surface area contributed by atoms with Gasteiger partial charge in [0, 0.05) is 42.0 Å². The molecule has 0 spiro atoms. The Morgan fingerprint density at radius 1 is 1.08 bits per heavy atom. The number of benzene rings is 2. The molecule has 1 fully saturated rings. The highest BCUT2D eigenvalue weighted by atomic mass is 35.5. The van der Waals surface area contributed by atoms with Gasteiger partial charge in [0.05, 0.1) is 15.6 Å². The Kier molecular flexibility index (Phi) is 8.14. The number of nitrogens with zero attached hydrogens (tertiary/aromatic N) is 4. The van der Waals surface area contributed by atoms with Crippen molar-refractivity contribution >= 4 is 45.9 Å². The van der Waals surface area contributed by atoms with Gasteiger partial charge in [-0.2, -0.15) is 4.98 Å². The molecule has 38 heavy (non-hydrogen) atoms. The molecule has 1 aliphatic heterocycles. The van der Waals surface area contributed by atoms with E-state index in [9.17, 15) is 4.79 Å². The van der Waals surface area contributed by atoms with Crippen molar-refractivity contribution in [3.63, 3.8) is 0 Å². The predicted octanol–water partition coefficient (Wildman–Crippen LogP) is 5.31. The summed E-state index contributed by atoms with van der Waals surface area (Å²) in [4.78, 5) is 30.2. The van der Waals surface area contributed by atoms with Gasteiger partial charge in [0.25, 0.3) is 5.56 Å². The van der Waals surface area contributed by atoms with E-state index in [1.54, 1.807) is 30.5 Å². The summed E-state index contributed by atoms with van der Waals surface area (Å²) in [6.07, 6.45) is 4.26. The van der Waals surface area contributed by atoms with Gasteiger partial charge in [-0.1, -0.05) is 41.4 Å². The van der Waals surface area contributed by atoms with E-state index in [4.69, 9.17) is 28.0 Å². The molecule has 2 N–H and O–H groups in total. The van der Waals surface area contributed by atoms with Gasteiger partial charge in [-0.15, -0.1) is 4.73 Å². The van der Waals surface area contributed by atoms with Gasteiger partial charge in [0.2, 0.25) is 5.95 Å². The second kappa shape index (κ2) is 11.7. The normalized spacial score (nSPS) is 14.6. The van der Waals surface area contributed by atoms with Gasteiger partial charge in [-0.05, 0) is 68.8 Å². The van der Waals surface area contributed by atoms with Crippen molar-refractivity contribution in [2.45, 2.75) is 25.8 Å². The summed E-state index contributed by atoms with van der Waals surface area (Å²) in [6.45, 7) is 6.66. The summed E-state index contributed by atoms with van der Waals surface area (Å²) in [5.74, 6) is 0.343. The second-order valence-electron chi connectivity index (χ2n) is 9.38. The second-order valence-corrected chi connectivity index (χ2v) is 10.2. The van der Waals surface area contributed by atoms with Crippen molar-refractivity contribution in [1.82, 2.24) is 24.9 Å². The van der Waals surface area contributed by atoms with Gasteiger partial charge in [0.1, 0.15) is 7.11 Å². The Morgan fingerprint density at radius 3 is 2.47 bits per heavy atom. The van der Waals surface area contributed by atoms with E-state index in [1.165, 1.54) is 38.6 Å². The van der Waals surface area contributed by atoms with Gasteiger partial charge in [0.15, 0.2) is 5.65 Å². The Morgan fingerprint density at radius 2 is 1.79 bits per heavy atom. The molecule has 0 bridgehead atoms. The summed E-state index contributed by atoms with van der Waals surface area (Å²) in [5.41, 5.74) is 2.69. The van der Waals surface area contributed by atoms with E-state index in [1.807, 2.05) is 12.1 Å². The highest BCUT2D eigenvalue weighted by Crippen LogP contribution is 2.33. The zero-order valence-electron chi connectivity index (χ0n) is 21.4.